The van der Waals surface area contributed by atoms with Gasteiger partial charge in [-0.2, -0.15) is 5.26 Å². The van der Waals surface area contributed by atoms with E-state index < -0.39 is 5.41 Å². The molecule has 1 atom stereocenters. The minimum atomic E-state index is -0.678. The summed E-state index contributed by atoms with van der Waals surface area (Å²) in [6.45, 7) is 0. The van der Waals surface area contributed by atoms with Crippen molar-refractivity contribution in [3.05, 3.63) is 216 Å². The molecule has 0 N–H and O–H groups in total. The number of hydrogen-bond acceptors (Lipinski definition) is 4. The van der Waals surface area contributed by atoms with Crippen LogP contribution >= 0.6 is 11.8 Å². The minimum Gasteiger partial charge on any atom is -0.309 e. The summed E-state index contributed by atoms with van der Waals surface area (Å²) in [5, 5.41) is 14.5. The topological polar surface area (TPSA) is 59.4 Å². The summed E-state index contributed by atoms with van der Waals surface area (Å²) >= 11 is 1.83. The van der Waals surface area contributed by atoms with Crippen molar-refractivity contribution in [3.63, 3.8) is 0 Å². The van der Waals surface area contributed by atoms with E-state index in [1.54, 1.807) is 0 Å². The molecule has 5 nitrogen and oxygen atoms in total. The Morgan fingerprint density at radius 3 is 1.88 bits per heavy atom. The molecule has 1 spiro atoms. The fourth-order valence-corrected chi connectivity index (χ4v) is 11.4. The summed E-state index contributed by atoms with van der Waals surface area (Å²) in [6, 6.07) is 65.4. The summed E-state index contributed by atoms with van der Waals surface area (Å²) in [7, 11) is 0. The molecule has 5 heterocycles. The molecule has 2 aliphatic rings. The van der Waals surface area contributed by atoms with Crippen LogP contribution in [0, 0.1) is 11.3 Å². The smallest absolute Gasteiger partial charge is 0.0991 e. The normalized spacial score (nSPS) is 15.0. The maximum Gasteiger partial charge on any atom is 0.0991 e. The maximum absolute atomic E-state index is 9.94. The summed E-state index contributed by atoms with van der Waals surface area (Å²) in [6.07, 6.45) is 3.92. The Morgan fingerprint density at radius 2 is 1.07 bits per heavy atom. The molecule has 0 saturated carbocycles. The highest BCUT2D eigenvalue weighted by molar-refractivity contribution is 7.99. The molecular weight excluding hydrogens is 751 g/mol. The highest BCUT2D eigenvalue weighted by Crippen LogP contribution is 2.62. The Balaban J connectivity index is 1.08. The van der Waals surface area contributed by atoms with E-state index in [2.05, 4.69) is 173 Å². The Morgan fingerprint density at radius 1 is 0.450 bits per heavy atom. The van der Waals surface area contributed by atoms with Gasteiger partial charge in [0.05, 0.1) is 62.4 Å². The monoisotopic (exact) mass is 781 g/mol. The van der Waals surface area contributed by atoms with E-state index in [0.29, 0.717) is 5.56 Å². The van der Waals surface area contributed by atoms with Crippen molar-refractivity contribution >= 4 is 55.4 Å². The second-order valence-corrected chi connectivity index (χ2v) is 16.7. The lowest BCUT2D eigenvalue weighted by molar-refractivity contribution is 0.719. The lowest BCUT2D eigenvalue weighted by atomic mass is 9.67. The first-order chi connectivity index (χ1) is 29.7. The number of nitriles is 1. The Kier molecular flexibility index (Phi) is 6.87. The summed E-state index contributed by atoms with van der Waals surface area (Å²) in [5.74, 6) is 0. The van der Waals surface area contributed by atoms with Gasteiger partial charge in [-0.1, -0.05) is 103 Å². The van der Waals surface area contributed by atoms with Gasteiger partial charge in [-0.15, -0.1) is 0 Å². The van der Waals surface area contributed by atoms with Crippen LogP contribution in [-0.2, 0) is 5.41 Å². The predicted molar refractivity (Wildman–Crippen MR) is 242 cm³/mol. The number of pyridine rings is 2. The third kappa shape index (κ3) is 4.42. The van der Waals surface area contributed by atoms with Crippen molar-refractivity contribution in [1.82, 2.24) is 19.1 Å². The molecular formula is C54H31N5S. The molecule has 11 aromatic rings. The van der Waals surface area contributed by atoms with Crippen LogP contribution in [0.5, 0.6) is 0 Å². The number of fused-ring (bicyclic) bond motifs is 15. The van der Waals surface area contributed by atoms with Crippen LogP contribution in [0.1, 0.15) is 27.8 Å². The average Bonchev–Trinajstić information content (AvgIpc) is 3.93. The molecule has 0 fully saturated rings. The first-order valence-corrected chi connectivity index (χ1v) is 20.9. The fourth-order valence-electron chi connectivity index (χ4n) is 10.2. The zero-order chi connectivity index (χ0) is 39.5. The van der Waals surface area contributed by atoms with E-state index in [0.717, 1.165) is 77.9 Å². The quantitative estimate of drug-likeness (QED) is 0.179. The molecule has 0 bridgehead atoms. The zero-order valence-corrected chi connectivity index (χ0v) is 32.9. The van der Waals surface area contributed by atoms with Crippen molar-refractivity contribution in [3.8, 4) is 40.0 Å². The van der Waals surface area contributed by atoms with Crippen molar-refractivity contribution in [2.75, 3.05) is 0 Å². The molecule has 7 aromatic carbocycles. The van der Waals surface area contributed by atoms with Gasteiger partial charge in [0.2, 0.25) is 0 Å². The number of benzene rings is 7. The molecule has 6 heteroatoms. The molecule has 1 unspecified atom stereocenters. The molecule has 4 aromatic heterocycles. The summed E-state index contributed by atoms with van der Waals surface area (Å²) in [5.41, 5.74) is 15.3. The number of aromatic nitrogens is 4. The number of para-hydroxylation sites is 3. The van der Waals surface area contributed by atoms with Gasteiger partial charge < -0.3 is 9.13 Å². The maximum atomic E-state index is 9.94. The van der Waals surface area contributed by atoms with Crippen LogP contribution in [0.25, 0.3) is 77.5 Å². The molecule has 0 radical (unpaired) electrons. The Hall–Kier alpha value is -7.72. The van der Waals surface area contributed by atoms with Gasteiger partial charge in [-0.3, -0.25) is 9.97 Å². The molecule has 1 aliphatic carbocycles. The van der Waals surface area contributed by atoms with Crippen LogP contribution in [0.2, 0.25) is 0 Å². The van der Waals surface area contributed by atoms with Crippen molar-refractivity contribution < 1.29 is 0 Å². The van der Waals surface area contributed by atoms with E-state index in [4.69, 9.17) is 9.97 Å². The number of hydrogen-bond donors (Lipinski definition) is 0. The van der Waals surface area contributed by atoms with Gasteiger partial charge in [0.25, 0.3) is 0 Å². The number of rotatable bonds is 3. The zero-order valence-electron chi connectivity index (χ0n) is 32.0. The van der Waals surface area contributed by atoms with Crippen LogP contribution in [0.4, 0.5) is 0 Å². The van der Waals surface area contributed by atoms with Crippen LogP contribution in [0.3, 0.4) is 0 Å². The van der Waals surface area contributed by atoms with Crippen molar-refractivity contribution in [2.24, 2.45) is 0 Å². The minimum absolute atomic E-state index is 0.646. The molecule has 0 saturated heterocycles. The third-order valence-corrected chi connectivity index (χ3v) is 13.8. The van der Waals surface area contributed by atoms with E-state index in [1.165, 1.54) is 31.7 Å². The summed E-state index contributed by atoms with van der Waals surface area (Å²) < 4.78 is 4.66. The summed E-state index contributed by atoms with van der Waals surface area (Å²) in [4.78, 5) is 12.8. The van der Waals surface area contributed by atoms with Gasteiger partial charge in [-0.25, -0.2) is 0 Å². The van der Waals surface area contributed by atoms with Gasteiger partial charge in [0.1, 0.15) is 0 Å². The predicted octanol–water partition coefficient (Wildman–Crippen LogP) is 13.0. The average molecular weight is 782 g/mol. The largest absolute Gasteiger partial charge is 0.309 e. The Labute approximate surface area is 349 Å². The fraction of sp³-hybridized carbons (Fsp3) is 0.0185. The second-order valence-electron chi connectivity index (χ2n) is 15.7. The van der Waals surface area contributed by atoms with Crippen molar-refractivity contribution in [2.45, 2.75) is 15.2 Å². The van der Waals surface area contributed by atoms with Crippen LogP contribution in [-0.4, -0.2) is 19.1 Å². The first-order valence-electron chi connectivity index (χ1n) is 20.1. The van der Waals surface area contributed by atoms with E-state index in [1.807, 2.05) is 42.4 Å². The molecule has 1 aliphatic heterocycles. The molecule has 0 amide bonds. The van der Waals surface area contributed by atoms with Crippen molar-refractivity contribution in [1.29, 1.82) is 5.26 Å². The van der Waals surface area contributed by atoms with Crippen LogP contribution < -0.4 is 0 Å². The SMILES string of the molecule is N#Cc1ccc2c(c1)c1cc(-c3ccc4c(c3)C3(c5ccccc5S4)c4cccnc4-c4ncc(-n5c6ccccc6c6ccccc65)cc43)ccc1n2-c1ccccc1. The van der Waals surface area contributed by atoms with E-state index in [-0.39, 0.29) is 0 Å². The number of nitrogens with zero attached hydrogens (tertiary/aromatic N) is 5. The highest BCUT2D eigenvalue weighted by Gasteiger charge is 2.52. The second kappa shape index (κ2) is 12.4. The molecule has 278 valence electrons. The first kappa shape index (κ1) is 33.3. The third-order valence-electron chi connectivity index (χ3n) is 12.7. The van der Waals surface area contributed by atoms with E-state index >= 15 is 0 Å². The standard InChI is InChI=1S/C54H31N5S/c55-31-33-20-23-48-40(27-33)41-28-34(21-24-49(41)58(48)36-11-2-1-3-12-36)35-22-25-51-44(29-35)54(42-15-6-9-19-50(42)60-51)43-16-10-26-56-52(43)53-45(54)30-37(32-57-53)59-46-17-7-4-13-38(46)39-14-5-8-18-47(39)59/h1-30,32H. The lowest BCUT2D eigenvalue weighted by Crippen LogP contribution is -2.32. The van der Waals surface area contributed by atoms with Gasteiger partial charge in [-0.05, 0) is 113 Å². The highest BCUT2D eigenvalue weighted by atomic mass is 32.2. The van der Waals surface area contributed by atoms with E-state index in [9.17, 15) is 5.26 Å². The van der Waals surface area contributed by atoms with Gasteiger partial charge in [0, 0.05) is 48.8 Å². The van der Waals surface area contributed by atoms with Gasteiger partial charge >= 0.3 is 0 Å². The van der Waals surface area contributed by atoms with Gasteiger partial charge in [0.15, 0.2) is 0 Å². The Bertz CT molecular complexity index is 3610. The molecule has 60 heavy (non-hydrogen) atoms. The molecule has 13 rings (SSSR count). The van der Waals surface area contributed by atoms with Crippen LogP contribution in [0.15, 0.2) is 198 Å². The lowest BCUT2D eigenvalue weighted by Gasteiger charge is -2.39.